The largest absolute Gasteiger partial charge is 0.444 e. The summed E-state index contributed by atoms with van der Waals surface area (Å²) in [5.74, 6) is 0.152. The van der Waals surface area contributed by atoms with E-state index in [4.69, 9.17) is 16.3 Å². The molecule has 0 spiro atoms. The molecule has 1 saturated heterocycles. The predicted molar refractivity (Wildman–Crippen MR) is 78.9 cm³/mol. The molecule has 1 aromatic rings. The molecule has 0 aliphatic carbocycles. The first-order chi connectivity index (χ1) is 9.37. The van der Waals surface area contributed by atoms with E-state index in [-0.39, 0.29) is 12.0 Å². The number of ether oxygens (including phenoxy) is 1. The van der Waals surface area contributed by atoms with Gasteiger partial charge in [0.05, 0.1) is 5.69 Å². The highest BCUT2D eigenvalue weighted by Crippen LogP contribution is 2.30. The van der Waals surface area contributed by atoms with Gasteiger partial charge in [0, 0.05) is 31.4 Å². The topological polar surface area (TPSA) is 55.3 Å². The number of hydrogen-bond donors (Lipinski definition) is 0. The molecule has 1 aliphatic heterocycles. The number of carbonyl (C=O) groups excluding carboxylic acids is 1. The molecule has 6 heteroatoms. The Morgan fingerprint density at radius 3 is 2.35 bits per heavy atom. The Labute approximate surface area is 125 Å². The summed E-state index contributed by atoms with van der Waals surface area (Å²) in [6.45, 7) is 10.7. The smallest absolute Gasteiger partial charge is 0.410 e. The molecule has 5 nitrogen and oxygen atoms in total. The first-order valence-electron chi connectivity index (χ1n) is 6.81. The van der Waals surface area contributed by atoms with Crippen LogP contribution in [0.1, 0.15) is 46.2 Å². The third kappa shape index (κ3) is 4.34. The summed E-state index contributed by atoms with van der Waals surface area (Å²) in [4.78, 5) is 21.6. The van der Waals surface area contributed by atoms with Crippen LogP contribution in [0.15, 0.2) is 12.4 Å². The van der Waals surface area contributed by atoms with E-state index in [2.05, 4.69) is 9.97 Å². The Bertz CT molecular complexity index is 454. The zero-order valence-corrected chi connectivity index (χ0v) is 13.4. The minimum Gasteiger partial charge on any atom is -0.444 e. The second-order valence-electron chi connectivity index (χ2n) is 5.31. The van der Waals surface area contributed by atoms with Crippen LogP contribution in [-0.2, 0) is 4.74 Å². The maximum atomic E-state index is 11.7. The molecular formula is C14H22ClN3O2. The molecule has 0 radical (unpaired) electrons. The van der Waals surface area contributed by atoms with Crippen LogP contribution in [0.2, 0.25) is 5.15 Å². The van der Waals surface area contributed by atoms with Crippen molar-refractivity contribution in [3.63, 3.8) is 0 Å². The number of halogens is 1. The maximum Gasteiger partial charge on any atom is 0.410 e. The Hall–Kier alpha value is -1.36. The summed E-state index contributed by atoms with van der Waals surface area (Å²) < 4.78 is 5.27. The SMILES string of the molecule is CC.CC(C)(C)OC(=O)N1CC(c2nccnc2Cl)C1. The second kappa shape index (κ2) is 6.88. The van der Waals surface area contributed by atoms with Gasteiger partial charge in [-0.15, -0.1) is 0 Å². The van der Waals surface area contributed by atoms with Crippen molar-refractivity contribution >= 4 is 17.7 Å². The lowest BCUT2D eigenvalue weighted by Crippen LogP contribution is -2.50. The predicted octanol–water partition coefficient (Wildman–Crippen LogP) is 3.49. The zero-order valence-electron chi connectivity index (χ0n) is 12.7. The summed E-state index contributed by atoms with van der Waals surface area (Å²) in [7, 11) is 0. The highest BCUT2D eigenvalue weighted by Gasteiger charge is 2.36. The third-order valence-electron chi connectivity index (χ3n) is 2.60. The zero-order chi connectivity index (χ0) is 15.3. The molecule has 0 N–H and O–H groups in total. The first kappa shape index (κ1) is 16.7. The Morgan fingerprint density at radius 1 is 1.30 bits per heavy atom. The molecule has 20 heavy (non-hydrogen) atoms. The van der Waals surface area contributed by atoms with Crippen molar-refractivity contribution in [2.75, 3.05) is 13.1 Å². The van der Waals surface area contributed by atoms with Crippen LogP contribution >= 0.6 is 11.6 Å². The highest BCUT2D eigenvalue weighted by molar-refractivity contribution is 6.30. The monoisotopic (exact) mass is 299 g/mol. The highest BCUT2D eigenvalue weighted by atomic mass is 35.5. The lowest BCUT2D eigenvalue weighted by atomic mass is 9.97. The van der Waals surface area contributed by atoms with Gasteiger partial charge in [0.2, 0.25) is 0 Å². The molecule has 1 aromatic heterocycles. The summed E-state index contributed by atoms with van der Waals surface area (Å²) in [6, 6.07) is 0. The van der Waals surface area contributed by atoms with Gasteiger partial charge in [0.25, 0.3) is 0 Å². The fourth-order valence-electron chi connectivity index (χ4n) is 1.73. The molecule has 0 aromatic carbocycles. The van der Waals surface area contributed by atoms with Gasteiger partial charge in [0.1, 0.15) is 5.60 Å². The number of likely N-dealkylation sites (tertiary alicyclic amines) is 1. The van der Waals surface area contributed by atoms with Gasteiger partial charge in [-0.1, -0.05) is 25.4 Å². The van der Waals surface area contributed by atoms with Gasteiger partial charge in [-0.05, 0) is 20.8 Å². The fourth-order valence-corrected chi connectivity index (χ4v) is 1.99. The van der Waals surface area contributed by atoms with Crippen LogP contribution in [0.5, 0.6) is 0 Å². The van der Waals surface area contributed by atoms with E-state index in [1.165, 1.54) is 0 Å². The van der Waals surface area contributed by atoms with Crippen molar-refractivity contribution in [2.45, 2.75) is 46.1 Å². The normalized spacial score (nSPS) is 15.0. The van der Waals surface area contributed by atoms with Crippen LogP contribution in [0.3, 0.4) is 0 Å². The van der Waals surface area contributed by atoms with Gasteiger partial charge >= 0.3 is 6.09 Å². The lowest BCUT2D eigenvalue weighted by molar-refractivity contribution is 0.00785. The van der Waals surface area contributed by atoms with E-state index in [9.17, 15) is 4.79 Å². The molecule has 0 unspecified atom stereocenters. The number of hydrogen-bond acceptors (Lipinski definition) is 4. The number of aromatic nitrogens is 2. The molecule has 0 bridgehead atoms. The fraction of sp³-hybridized carbons (Fsp3) is 0.643. The molecular weight excluding hydrogens is 278 g/mol. The second-order valence-corrected chi connectivity index (χ2v) is 5.67. The summed E-state index contributed by atoms with van der Waals surface area (Å²) in [5.41, 5.74) is 0.283. The van der Waals surface area contributed by atoms with Crippen molar-refractivity contribution in [2.24, 2.45) is 0 Å². The minimum absolute atomic E-state index is 0.152. The molecule has 2 rings (SSSR count). The van der Waals surface area contributed by atoms with Crippen molar-refractivity contribution < 1.29 is 9.53 Å². The number of carbonyl (C=O) groups is 1. The van der Waals surface area contributed by atoms with E-state index in [0.717, 1.165) is 5.69 Å². The van der Waals surface area contributed by atoms with Crippen LogP contribution in [0.25, 0.3) is 0 Å². The molecule has 0 saturated carbocycles. The molecule has 0 atom stereocenters. The Morgan fingerprint density at radius 2 is 1.85 bits per heavy atom. The lowest BCUT2D eigenvalue weighted by Gasteiger charge is -2.39. The van der Waals surface area contributed by atoms with Gasteiger partial charge < -0.3 is 9.64 Å². The number of amides is 1. The Balaban J connectivity index is 0.000000956. The average Bonchev–Trinajstić information content (AvgIpc) is 2.30. The van der Waals surface area contributed by atoms with Crippen LogP contribution in [-0.4, -0.2) is 39.7 Å². The quantitative estimate of drug-likeness (QED) is 0.796. The number of nitrogens with zero attached hydrogens (tertiary/aromatic N) is 3. The van der Waals surface area contributed by atoms with Crippen molar-refractivity contribution in [3.8, 4) is 0 Å². The minimum atomic E-state index is -0.466. The maximum absolute atomic E-state index is 11.7. The third-order valence-corrected chi connectivity index (χ3v) is 2.89. The van der Waals surface area contributed by atoms with Gasteiger partial charge in [0.15, 0.2) is 5.15 Å². The van der Waals surface area contributed by atoms with Crippen LogP contribution in [0, 0.1) is 0 Å². The van der Waals surface area contributed by atoms with Gasteiger partial charge in [-0.25, -0.2) is 9.78 Å². The first-order valence-corrected chi connectivity index (χ1v) is 7.19. The van der Waals surface area contributed by atoms with E-state index < -0.39 is 5.60 Å². The molecule has 1 amide bonds. The van der Waals surface area contributed by atoms with E-state index in [1.807, 2.05) is 34.6 Å². The van der Waals surface area contributed by atoms with Crippen molar-refractivity contribution in [1.29, 1.82) is 0 Å². The molecule has 1 fully saturated rings. The molecule has 112 valence electrons. The van der Waals surface area contributed by atoms with Gasteiger partial charge in [-0.2, -0.15) is 0 Å². The Kier molecular flexibility index (Phi) is 5.74. The molecule has 1 aliphatic rings. The summed E-state index contributed by atoms with van der Waals surface area (Å²) >= 11 is 5.96. The van der Waals surface area contributed by atoms with Crippen molar-refractivity contribution in [3.05, 3.63) is 23.2 Å². The molecule has 2 heterocycles. The number of rotatable bonds is 1. The van der Waals surface area contributed by atoms with E-state index in [1.54, 1.807) is 17.3 Å². The standard InChI is InChI=1S/C12H16ClN3O2.C2H6/c1-12(2,3)18-11(17)16-6-8(7-16)9-10(13)15-5-4-14-9;1-2/h4-5,8H,6-7H2,1-3H3;1-2H3. The van der Waals surface area contributed by atoms with E-state index in [0.29, 0.717) is 18.2 Å². The average molecular weight is 300 g/mol. The van der Waals surface area contributed by atoms with Gasteiger partial charge in [-0.3, -0.25) is 4.98 Å². The summed E-state index contributed by atoms with van der Waals surface area (Å²) in [6.07, 6.45) is 2.87. The van der Waals surface area contributed by atoms with E-state index >= 15 is 0 Å². The summed E-state index contributed by atoms with van der Waals surface area (Å²) in [5, 5.41) is 0.409. The van der Waals surface area contributed by atoms with Crippen LogP contribution in [0.4, 0.5) is 4.79 Å². The van der Waals surface area contributed by atoms with Crippen molar-refractivity contribution in [1.82, 2.24) is 14.9 Å². The van der Waals surface area contributed by atoms with Crippen LogP contribution < -0.4 is 0 Å².